The minimum absolute atomic E-state index is 0.0350. The second-order valence-corrected chi connectivity index (χ2v) is 17.1. The van der Waals surface area contributed by atoms with E-state index in [-0.39, 0.29) is 17.1 Å². The van der Waals surface area contributed by atoms with Gasteiger partial charge in [-0.15, -0.1) is 0 Å². The second kappa shape index (κ2) is 21.5. The van der Waals surface area contributed by atoms with Crippen LogP contribution in [0, 0.1) is 0 Å². The van der Waals surface area contributed by atoms with Gasteiger partial charge in [0.25, 0.3) is 5.91 Å². The van der Waals surface area contributed by atoms with E-state index in [1.807, 2.05) is 60.7 Å². The minimum Gasteiger partial charge on any atom is -0.497 e. The van der Waals surface area contributed by atoms with Crippen molar-refractivity contribution in [1.82, 2.24) is 20.1 Å². The van der Waals surface area contributed by atoms with Gasteiger partial charge in [0.05, 0.1) is 57.6 Å². The molecule has 3 amide bonds. The lowest BCUT2D eigenvalue weighted by Crippen LogP contribution is -2.41. The van der Waals surface area contributed by atoms with Gasteiger partial charge in [0.1, 0.15) is 17.2 Å². The first-order valence-electron chi connectivity index (χ1n) is 22.0. The molecule has 2 saturated heterocycles. The number of nitrogens with one attached hydrogen (secondary N) is 3. The van der Waals surface area contributed by atoms with Gasteiger partial charge in [-0.25, -0.2) is 4.79 Å². The van der Waals surface area contributed by atoms with Gasteiger partial charge in [0.15, 0.2) is 11.5 Å². The van der Waals surface area contributed by atoms with Crippen molar-refractivity contribution in [2.75, 3.05) is 97.1 Å². The summed E-state index contributed by atoms with van der Waals surface area (Å²) in [6.07, 6.45) is 3.20. The van der Waals surface area contributed by atoms with Crippen LogP contribution in [-0.4, -0.2) is 119 Å². The number of amides is 3. The largest absolute Gasteiger partial charge is 0.497 e. The van der Waals surface area contributed by atoms with Gasteiger partial charge >= 0.3 is 6.03 Å². The average Bonchev–Trinajstić information content (AvgIpc) is 3.30. The van der Waals surface area contributed by atoms with Gasteiger partial charge in [-0.1, -0.05) is 45.0 Å². The number of morpholine rings is 2. The van der Waals surface area contributed by atoms with Crippen LogP contribution in [0.5, 0.6) is 23.0 Å². The molecule has 2 aliphatic heterocycles. The van der Waals surface area contributed by atoms with Crippen LogP contribution in [0.1, 0.15) is 71.1 Å². The Balaban J connectivity index is 1.03. The lowest BCUT2D eigenvalue weighted by atomic mass is 9.84. The molecule has 7 rings (SSSR count). The number of hydrogen-bond donors (Lipinski definition) is 3. The van der Waals surface area contributed by atoms with Crippen molar-refractivity contribution in [1.29, 1.82) is 0 Å². The maximum atomic E-state index is 13.8. The van der Waals surface area contributed by atoms with E-state index in [1.165, 1.54) is 7.11 Å². The fourth-order valence-electron chi connectivity index (χ4n) is 7.97. The Morgan fingerprint density at radius 1 is 0.750 bits per heavy atom. The highest BCUT2D eigenvalue weighted by Gasteiger charge is 2.25. The molecule has 0 aliphatic carbocycles. The Labute approximate surface area is 375 Å². The third-order valence-corrected chi connectivity index (χ3v) is 11.5. The van der Waals surface area contributed by atoms with Crippen LogP contribution in [0.3, 0.4) is 0 Å². The van der Waals surface area contributed by atoms with Crippen molar-refractivity contribution in [3.05, 3.63) is 113 Å². The Morgan fingerprint density at radius 2 is 1.45 bits per heavy atom. The summed E-state index contributed by atoms with van der Waals surface area (Å²) in [6.45, 7) is 14.6. The van der Waals surface area contributed by atoms with E-state index in [0.29, 0.717) is 97.7 Å². The van der Waals surface area contributed by atoms with E-state index in [0.717, 1.165) is 66.9 Å². The van der Waals surface area contributed by atoms with Crippen LogP contribution >= 0.6 is 0 Å². The van der Waals surface area contributed by atoms with Crippen molar-refractivity contribution in [3.63, 3.8) is 0 Å². The zero-order valence-corrected chi connectivity index (χ0v) is 37.6. The highest BCUT2D eigenvalue weighted by molar-refractivity contribution is 6.09. The van der Waals surface area contributed by atoms with Crippen molar-refractivity contribution in [3.8, 4) is 23.0 Å². The predicted molar refractivity (Wildman–Crippen MR) is 249 cm³/mol. The van der Waals surface area contributed by atoms with Gasteiger partial charge in [-0.3, -0.25) is 24.4 Å². The van der Waals surface area contributed by atoms with Gasteiger partial charge in [0.2, 0.25) is 0 Å². The normalized spacial score (nSPS) is 14.8. The molecule has 2 aliphatic rings. The number of benzene rings is 4. The van der Waals surface area contributed by atoms with E-state index in [2.05, 4.69) is 51.5 Å². The maximum Gasteiger partial charge on any atom is 0.323 e. The SMILES string of the molecule is COc1cc(Cc2cc(Oc3ccc(NC(=O)Nc4cc(C(C)(C)C)cc(C(=O)CCCN5CCOCC5)c4OC)c4ccccc34)ccn2)cc(C(=O)NCCN2CCOCC2)c1. The summed E-state index contributed by atoms with van der Waals surface area (Å²) >= 11 is 0. The van der Waals surface area contributed by atoms with Gasteiger partial charge in [-0.2, -0.15) is 0 Å². The van der Waals surface area contributed by atoms with E-state index < -0.39 is 6.03 Å². The number of methoxy groups -OCH3 is 2. The van der Waals surface area contributed by atoms with Gasteiger partial charge in [-0.05, 0) is 78.0 Å². The van der Waals surface area contributed by atoms with Crippen molar-refractivity contribution in [2.45, 2.75) is 45.4 Å². The molecule has 2 fully saturated rings. The number of carbonyl (C=O) groups is 3. The van der Waals surface area contributed by atoms with Crippen LogP contribution in [0.15, 0.2) is 85.1 Å². The molecule has 14 nitrogen and oxygen atoms in total. The van der Waals surface area contributed by atoms with Crippen LogP contribution in [-0.2, 0) is 21.3 Å². The fraction of sp³-hybridized carbons (Fsp3) is 0.400. The Hall–Kier alpha value is -6.06. The smallest absolute Gasteiger partial charge is 0.323 e. The highest BCUT2D eigenvalue weighted by atomic mass is 16.5. The Morgan fingerprint density at radius 3 is 2.16 bits per heavy atom. The molecule has 338 valence electrons. The molecular formula is C50H60N6O8. The second-order valence-electron chi connectivity index (χ2n) is 17.1. The van der Waals surface area contributed by atoms with Crippen LogP contribution in [0.25, 0.3) is 10.8 Å². The molecule has 3 heterocycles. The third-order valence-electron chi connectivity index (χ3n) is 11.5. The summed E-state index contributed by atoms with van der Waals surface area (Å²) in [7, 11) is 3.10. The standard InChI is InChI=1S/C50H60N6O8/c1-50(2,3)36-31-42(45(57)11-8-17-55-19-23-62-24-20-55)47(61-5)44(32-36)54-49(59)53-43-12-13-46(41-10-7-6-9-40(41)43)64-38-14-15-51-37(33-38)28-34-27-35(30-39(29-34)60-4)48(58)52-16-18-56-21-25-63-26-22-56/h6-7,9-10,12-15,27,29-33H,8,11,16-26,28H2,1-5H3,(H,52,58)(H2,53,54,59). The molecule has 64 heavy (non-hydrogen) atoms. The quantitative estimate of drug-likeness (QED) is 0.0782. The summed E-state index contributed by atoms with van der Waals surface area (Å²) in [5, 5.41) is 10.6. The molecule has 0 radical (unpaired) electrons. The number of rotatable bonds is 17. The van der Waals surface area contributed by atoms with Gasteiger partial charge < -0.3 is 39.6 Å². The summed E-state index contributed by atoms with van der Waals surface area (Å²) in [4.78, 5) is 49.9. The molecule has 14 heteroatoms. The van der Waals surface area contributed by atoms with Crippen LogP contribution in [0.2, 0.25) is 0 Å². The van der Waals surface area contributed by atoms with Gasteiger partial charge in [0, 0.05) is 86.4 Å². The van der Waals surface area contributed by atoms with Crippen molar-refractivity contribution in [2.24, 2.45) is 0 Å². The van der Waals surface area contributed by atoms with E-state index in [1.54, 1.807) is 31.5 Å². The number of hydrogen-bond acceptors (Lipinski definition) is 11. The summed E-state index contributed by atoms with van der Waals surface area (Å²) < 4.78 is 28.7. The Bertz CT molecular complexity index is 2420. The number of Topliss-reactive ketones (excluding diaryl/α,β-unsaturated/α-hetero) is 1. The molecule has 3 N–H and O–H groups in total. The summed E-state index contributed by atoms with van der Waals surface area (Å²) in [6, 6.07) is 23.7. The number of fused-ring (bicyclic) bond motifs is 1. The first-order valence-corrected chi connectivity index (χ1v) is 22.0. The molecule has 5 aromatic rings. The molecule has 0 bridgehead atoms. The topological polar surface area (TPSA) is 153 Å². The van der Waals surface area contributed by atoms with Crippen molar-refractivity contribution < 1.29 is 38.1 Å². The first kappa shape index (κ1) is 45.9. The first-order chi connectivity index (χ1) is 31.0. The van der Waals surface area contributed by atoms with Crippen molar-refractivity contribution >= 4 is 39.9 Å². The maximum absolute atomic E-state index is 13.8. The molecular weight excluding hydrogens is 813 g/mol. The Kier molecular flexibility index (Phi) is 15.5. The number of carbonyl (C=O) groups excluding carboxylic acids is 3. The number of pyridine rings is 1. The number of ketones is 1. The third kappa shape index (κ3) is 12.1. The zero-order valence-electron chi connectivity index (χ0n) is 37.6. The number of ether oxygens (including phenoxy) is 5. The number of nitrogens with zero attached hydrogens (tertiary/aromatic N) is 3. The predicted octanol–water partition coefficient (Wildman–Crippen LogP) is 7.93. The molecule has 1 aromatic heterocycles. The number of urea groups is 1. The highest BCUT2D eigenvalue weighted by Crippen LogP contribution is 2.38. The number of anilines is 2. The van der Waals surface area contributed by atoms with Crippen LogP contribution < -0.4 is 30.2 Å². The monoisotopic (exact) mass is 872 g/mol. The van der Waals surface area contributed by atoms with Crippen LogP contribution in [0.4, 0.5) is 16.2 Å². The molecule has 0 saturated carbocycles. The summed E-state index contributed by atoms with van der Waals surface area (Å²) in [5.74, 6) is 1.88. The minimum atomic E-state index is -0.487. The fourth-order valence-corrected chi connectivity index (χ4v) is 7.97. The molecule has 0 atom stereocenters. The lowest BCUT2D eigenvalue weighted by molar-refractivity contribution is 0.0371. The summed E-state index contributed by atoms with van der Waals surface area (Å²) in [5.41, 5.74) is 4.15. The van der Waals surface area contributed by atoms with E-state index in [9.17, 15) is 14.4 Å². The van der Waals surface area contributed by atoms with E-state index >= 15 is 0 Å². The zero-order chi connectivity index (χ0) is 45.1. The number of aromatic nitrogens is 1. The average molecular weight is 873 g/mol. The van der Waals surface area contributed by atoms with E-state index in [4.69, 9.17) is 23.7 Å². The molecule has 0 spiro atoms. The molecule has 0 unspecified atom stereocenters. The lowest BCUT2D eigenvalue weighted by Gasteiger charge is -2.26. The molecule has 4 aromatic carbocycles.